The van der Waals surface area contributed by atoms with E-state index in [0.717, 1.165) is 11.3 Å². The molecule has 0 spiro atoms. The van der Waals surface area contributed by atoms with Crippen LogP contribution in [0.1, 0.15) is 18.4 Å². The number of anilines is 1. The number of amides is 1. The van der Waals surface area contributed by atoms with Crippen molar-refractivity contribution in [3.63, 3.8) is 0 Å². The first-order valence-corrected chi connectivity index (χ1v) is 9.12. The van der Waals surface area contributed by atoms with Crippen molar-refractivity contribution >= 4 is 17.6 Å². The second-order valence-corrected chi connectivity index (χ2v) is 6.74. The average Bonchev–Trinajstić information content (AvgIpc) is 2.68. The summed E-state index contributed by atoms with van der Waals surface area (Å²) in [5.41, 5.74) is 1.81. The van der Waals surface area contributed by atoms with Crippen molar-refractivity contribution in [2.75, 3.05) is 25.0 Å². The molecule has 1 fully saturated rings. The molecule has 0 atom stereocenters. The standard InChI is InChI=1S/C21H24N2O4/c24-20(14-23-12-10-17(11-13-23)21(25)26)22-18-6-8-19(9-7-18)27-15-16-4-2-1-3-5-16/h1-9,17H,10-15H2,(H,22,24)(H,25,26). The maximum atomic E-state index is 12.2. The summed E-state index contributed by atoms with van der Waals surface area (Å²) in [5.74, 6) is -0.379. The van der Waals surface area contributed by atoms with Crippen molar-refractivity contribution in [3.8, 4) is 5.75 Å². The third-order valence-electron chi connectivity index (χ3n) is 4.69. The van der Waals surface area contributed by atoms with E-state index in [-0.39, 0.29) is 18.4 Å². The molecule has 2 N–H and O–H groups in total. The molecule has 142 valence electrons. The highest BCUT2D eigenvalue weighted by Gasteiger charge is 2.25. The fraction of sp³-hybridized carbons (Fsp3) is 0.333. The van der Waals surface area contributed by atoms with Gasteiger partial charge in [-0.2, -0.15) is 0 Å². The molecule has 6 heteroatoms. The van der Waals surface area contributed by atoms with Crippen LogP contribution in [-0.4, -0.2) is 41.5 Å². The number of nitrogens with one attached hydrogen (secondary N) is 1. The number of benzene rings is 2. The summed E-state index contributed by atoms with van der Waals surface area (Å²) in [6.07, 6.45) is 1.19. The monoisotopic (exact) mass is 368 g/mol. The smallest absolute Gasteiger partial charge is 0.306 e. The van der Waals surface area contributed by atoms with Crippen LogP contribution < -0.4 is 10.1 Å². The lowest BCUT2D eigenvalue weighted by atomic mass is 9.97. The lowest BCUT2D eigenvalue weighted by Crippen LogP contribution is -2.40. The Labute approximate surface area is 158 Å². The Morgan fingerprint density at radius 1 is 1.04 bits per heavy atom. The van der Waals surface area contributed by atoms with Crippen molar-refractivity contribution < 1.29 is 19.4 Å². The molecule has 0 saturated carbocycles. The SMILES string of the molecule is O=C(CN1CCC(C(=O)O)CC1)Nc1ccc(OCc2ccccc2)cc1. The molecule has 0 aliphatic carbocycles. The first kappa shape index (κ1) is 18.9. The molecular weight excluding hydrogens is 344 g/mol. The minimum absolute atomic E-state index is 0.0956. The summed E-state index contributed by atoms with van der Waals surface area (Å²) in [6, 6.07) is 17.2. The zero-order chi connectivity index (χ0) is 19.1. The Balaban J connectivity index is 1.42. The first-order chi connectivity index (χ1) is 13.1. The molecule has 3 rings (SSSR count). The highest BCUT2D eigenvalue weighted by molar-refractivity contribution is 5.92. The highest BCUT2D eigenvalue weighted by atomic mass is 16.5. The van der Waals surface area contributed by atoms with E-state index in [0.29, 0.717) is 38.2 Å². The maximum absolute atomic E-state index is 12.2. The normalized spacial score (nSPS) is 15.3. The van der Waals surface area contributed by atoms with Gasteiger partial charge in [0, 0.05) is 5.69 Å². The summed E-state index contributed by atoms with van der Waals surface area (Å²) in [5, 5.41) is 11.9. The van der Waals surface area contributed by atoms with E-state index < -0.39 is 5.97 Å². The Morgan fingerprint density at radius 2 is 1.70 bits per heavy atom. The van der Waals surface area contributed by atoms with Gasteiger partial charge in [-0.3, -0.25) is 14.5 Å². The third-order valence-corrected chi connectivity index (χ3v) is 4.69. The Hall–Kier alpha value is -2.86. The number of likely N-dealkylation sites (tertiary alicyclic amines) is 1. The van der Waals surface area contributed by atoms with Crippen molar-refractivity contribution in [1.29, 1.82) is 0 Å². The number of carboxylic acid groups (broad SMARTS) is 1. The lowest BCUT2D eigenvalue weighted by molar-refractivity contribution is -0.143. The van der Waals surface area contributed by atoms with Gasteiger partial charge in [0.1, 0.15) is 12.4 Å². The molecular formula is C21H24N2O4. The van der Waals surface area contributed by atoms with E-state index in [1.54, 1.807) is 0 Å². The summed E-state index contributed by atoms with van der Waals surface area (Å²) in [7, 11) is 0. The molecule has 1 amide bonds. The van der Waals surface area contributed by atoms with Crippen molar-refractivity contribution in [2.45, 2.75) is 19.4 Å². The summed E-state index contributed by atoms with van der Waals surface area (Å²) < 4.78 is 5.73. The highest BCUT2D eigenvalue weighted by Crippen LogP contribution is 2.19. The topological polar surface area (TPSA) is 78.9 Å². The summed E-state index contributed by atoms with van der Waals surface area (Å²) >= 11 is 0. The van der Waals surface area contributed by atoms with Gasteiger partial charge in [-0.15, -0.1) is 0 Å². The summed E-state index contributed by atoms with van der Waals surface area (Å²) in [6.45, 7) is 2.05. The van der Waals surface area contributed by atoms with Crippen molar-refractivity contribution in [1.82, 2.24) is 4.90 Å². The van der Waals surface area contributed by atoms with Crippen LogP contribution in [0.5, 0.6) is 5.75 Å². The van der Waals surface area contributed by atoms with E-state index >= 15 is 0 Å². The van der Waals surface area contributed by atoms with Gasteiger partial charge in [-0.05, 0) is 55.8 Å². The molecule has 27 heavy (non-hydrogen) atoms. The summed E-state index contributed by atoms with van der Waals surface area (Å²) in [4.78, 5) is 25.2. The van der Waals surface area contributed by atoms with Gasteiger partial charge in [-0.1, -0.05) is 30.3 Å². The minimum Gasteiger partial charge on any atom is -0.489 e. The van der Waals surface area contributed by atoms with Crippen LogP contribution in [0, 0.1) is 5.92 Å². The molecule has 0 bridgehead atoms. The quantitative estimate of drug-likeness (QED) is 0.785. The number of nitrogens with zero attached hydrogens (tertiary/aromatic N) is 1. The van der Waals surface area contributed by atoms with E-state index in [4.69, 9.17) is 9.84 Å². The molecule has 2 aromatic rings. The number of piperidine rings is 1. The molecule has 1 aliphatic heterocycles. The zero-order valence-corrected chi connectivity index (χ0v) is 15.1. The molecule has 0 unspecified atom stereocenters. The van der Waals surface area contributed by atoms with Gasteiger partial charge in [0.15, 0.2) is 0 Å². The predicted molar refractivity (Wildman–Crippen MR) is 103 cm³/mol. The minimum atomic E-state index is -0.742. The number of aliphatic carboxylic acids is 1. The molecule has 1 aliphatic rings. The number of hydrogen-bond donors (Lipinski definition) is 2. The average molecular weight is 368 g/mol. The van der Waals surface area contributed by atoms with Crippen LogP contribution in [0.2, 0.25) is 0 Å². The lowest BCUT2D eigenvalue weighted by Gasteiger charge is -2.29. The van der Waals surface area contributed by atoms with Gasteiger partial charge < -0.3 is 15.2 Å². The number of rotatable bonds is 7. The van der Waals surface area contributed by atoms with Crippen LogP contribution >= 0.6 is 0 Å². The molecule has 6 nitrogen and oxygen atoms in total. The number of ether oxygens (including phenoxy) is 1. The first-order valence-electron chi connectivity index (χ1n) is 9.12. The van der Waals surface area contributed by atoms with Gasteiger partial charge >= 0.3 is 5.97 Å². The molecule has 1 saturated heterocycles. The molecule has 1 heterocycles. The van der Waals surface area contributed by atoms with Crippen LogP contribution in [-0.2, 0) is 16.2 Å². The Kier molecular flexibility index (Phi) is 6.44. The van der Waals surface area contributed by atoms with Crippen LogP contribution in [0.4, 0.5) is 5.69 Å². The number of carbonyl (C=O) groups is 2. The third kappa shape index (κ3) is 5.82. The van der Waals surface area contributed by atoms with E-state index in [1.165, 1.54) is 0 Å². The zero-order valence-electron chi connectivity index (χ0n) is 15.1. The fourth-order valence-electron chi connectivity index (χ4n) is 3.12. The molecule has 2 aromatic carbocycles. The second-order valence-electron chi connectivity index (χ2n) is 6.74. The van der Waals surface area contributed by atoms with Crippen molar-refractivity contribution in [3.05, 3.63) is 60.2 Å². The van der Waals surface area contributed by atoms with Crippen LogP contribution in [0.25, 0.3) is 0 Å². The van der Waals surface area contributed by atoms with Gasteiger partial charge in [0.25, 0.3) is 0 Å². The Morgan fingerprint density at radius 3 is 2.33 bits per heavy atom. The Bertz CT molecular complexity index is 754. The largest absolute Gasteiger partial charge is 0.489 e. The predicted octanol–water partition coefficient (Wildman–Crippen LogP) is 3.00. The van der Waals surface area contributed by atoms with Gasteiger partial charge in [-0.25, -0.2) is 0 Å². The molecule has 0 radical (unpaired) electrons. The maximum Gasteiger partial charge on any atom is 0.306 e. The van der Waals surface area contributed by atoms with Gasteiger partial charge in [0.2, 0.25) is 5.91 Å². The second kappa shape index (κ2) is 9.19. The number of hydrogen-bond acceptors (Lipinski definition) is 4. The van der Waals surface area contributed by atoms with Crippen molar-refractivity contribution in [2.24, 2.45) is 5.92 Å². The van der Waals surface area contributed by atoms with Crippen LogP contribution in [0.3, 0.4) is 0 Å². The molecule has 0 aromatic heterocycles. The van der Waals surface area contributed by atoms with Gasteiger partial charge in [0.05, 0.1) is 12.5 Å². The van der Waals surface area contributed by atoms with E-state index in [2.05, 4.69) is 5.32 Å². The fourth-order valence-corrected chi connectivity index (χ4v) is 3.12. The number of carboxylic acids is 1. The van der Waals surface area contributed by atoms with Crippen LogP contribution in [0.15, 0.2) is 54.6 Å². The number of carbonyl (C=O) groups excluding carboxylic acids is 1. The van der Waals surface area contributed by atoms with E-state index in [9.17, 15) is 9.59 Å². The van der Waals surface area contributed by atoms with E-state index in [1.807, 2.05) is 59.5 Å².